The predicted octanol–water partition coefficient (Wildman–Crippen LogP) is 4.30. The van der Waals surface area contributed by atoms with E-state index in [0.29, 0.717) is 17.9 Å². The van der Waals surface area contributed by atoms with Crippen LogP contribution in [0.1, 0.15) is 46.1 Å². The normalized spacial score (nSPS) is 15.3. The summed E-state index contributed by atoms with van der Waals surface area (Å²) in [5.74, 6) is -0.548. The quantitative estimate of drug-likeness (QED) is 0.847. The molecule has 0 saturated carbocycles. The molecule has 2 N–H and O–H groups in total. The van der Waals surface area contributed by atoms with E-state index in [1.165, 1.54) is 12.1 Å². The molecular formula is C16H25F2N. The van der Waals surface area contributed by atoms with Crippen LogP contribution in [0.5, 0.6) is 0 Å². The third-order valence-electron chi connectivity index (χ3n) is 3.16. The zero-order chi connectivity index (χ0) is 14.6. The fraction of sp³-hybridized carbons (Fsp3) is 0.625. The third-order valence-corrected chi connectivity index (χ3v) is 3.16. The zero-order valence-corrected chi connectivity index (χ0v) is 12.3. The molecule has 1 aromatic carbocycles. The van der Waals surface area contributed by atoms with Gasteiger partial charge in [-0.3, -0.25) is 0 Å². The minimum absolute atomic E-state index is 0.0858. The molecule has 0 spiro atoms. The van der Waals surface area contributed by atoms with Gasteiger partial charge in [-0.25, -0.2) is 8.78 Å². The summed E-state index contributed by atoms with van der Waals surface area (Å²) < 4.78 is 26.3. The number of hydrogen-bond donors (Lipinski definition) is 1. The summed E-state index contributed by atoms with van der Waals surface area (Å²) in [7, 11) is 0. The lowest BCUT2D eigenvalue weighted by Gasteiger charge is -2.25. The molecule has 0 amide bonds. The molecule has 0 saturated heterocycles. The number of benzene rings is 1. The Morgan fingerprint density at radius 1 is 1.21 bits per heavy atom. The fourth-order valence-corrected chi connectivity index (χ4v) is 2.70. The van der Waals surface area contributed by atoms with Crippen LogP contribution >= 0.6 is 0 Å². The molecule has 1 rings (SSSR count). The van der Waals surface area contributed by atoms with Crippen LogP contribution < -0.4 is 5.73 Å². The monoisotopic (exact) mass is 269 g/mol. The highest BCUT2D eigenvalue weighted by atomic mass is 19.1. The van der Waals surface area contributed by atoms with Gasteiger partial charge in [0.1, 0.15) is 11.6 Å². The minimum Gasteiger partial charge on any atom is -0.327 e. The Balaban J connectivity index is 2.53. The van der Waals surface area contributed by atoms with E-state index in [4.69, 9.17) is 5.73 Å². The largest absolute Gasteiger partial charge is 0.327 e. The van der Waals surface area contributed by atoms with Gasteiger partial charge in [0, 0.05) is 12.1 Å². The summed E-state index contributed by atoms with van der Waals surface area (Å²) in [5, 5.41) is 0. The molecule has 1 nitrogen and oxygen atoms in total. The standard InChI is InChI=1S/C16H25F2N/c1-11(10-16(2,3)4)7-14(19)8-12-5-6-13(17)9-15(12)18/h5-6,9,11,14H,7-8,10,19H2,1-4H3. The van der Waals surface area contributed by atoms with Crippen molar-refractivity contribution in [3.05, 3.63) is 35.4 Å². The average molecular weight is 269 g/mol. The van der Waals surface area contributed by atoms with Gasteiger partial charge in [0.05, 0.1) is 0 Å². The molecule has 0 fully saturated rings. The van der Waals surface area contributed by atoms with Crippen LogP contribution in [0, 0.1) is 23.0 Å². The third kappa shape index (κ3) is 6.15. The van der Waals surface area contributed by atoms with Gasteiger partial charge in [-0.15, -0.1) is 0 Å². The van der Waals surface area contributed by atoms with Gasteiger partial charge in [0.25, 0.3) is 0 Å². The molecule has 1 aromatic rings. The van der Waals surface area contributed by atoms with Crippen molar-refractivity contribution in [1.29, 1.82) is 0 Å². The van der Waals surface area contributed by atoms with Crippen LogP contribution in [-0.4, -0.2) is 6.04 Å². The lowest BCUT2D eigenvalue weighted by molar-refractivity contribution is 0.285. The van der Waals surface area contributed by atoms with Gasteiger partial charge in [-0.05, 0) is 42.2 Å². The Morgan fingerprint density at radius 2 is 1.84 bits per heavy atom. The van der Waals surface area contributed by atoms with Gasteiger partial charge >= 0.3 is 0 Å². The SMILES string of the molecule is CC(CC(N)Cc1ccc(F)cc1F)CC(C)(C)C. The van der Waals surface area contributed by atoms with Gasteiger partial charge in [0.2, 0.25) is 0 Å². The second kappa shape index (κ2) is 6.47. The van der Waals surface area contributed by atoms with E-state index in [1.54, 1.807) is 0 Å². The van der Waals surface area contributed by atoms with Crippen LogP contribution in [0.4, 0.5) is 8.78 Å². The number of rotatable bonds is 5. The molecule has 2 unspecified atom stereocenters. The van der Waals surface area contributed by atoms with E-state index >= 15 is 0 Å². The molecule has 0 aliphatic carbocycles. The van der Waals surface area contributed by atoms with Crippen molar-refractivity contribution >= 4 is 0 Å². The van der Waals surface area contributed by atoms with Crippen molar-refractivity contribution in [2.45, 2.75) is 53.0 Å². The molecular weight excluding hydrogens is 244 g/mol. The smallest absolute Gasteiger partial charge is 0.129 e. The van der Waals surface area contributed by atoms with Crippen LogP contribution in [0.3, 0.4) is 0 Å². The average Bonchev–Trinajstić information content (AvgIpc) is 2.19. The summed E-state index contributed by atoms with van der Waals surface area (Å²) >= 11 is 0. The first kappa shape index (κ1) is 16.1. The Bertz CT molecular complexity index is 410. The number of hydrogen-bond acceptors (Lipinski definition) is 1. The molecule has 2 atom stereocenters. The first-order chi connectivity index (χ1) is 8.67. The first-order valence-electron chi connectivity index (χ1n) is 6.87. The van der Waals surface area contributed by atoms with Crippen molar-refractivity contribution in [1.82, 2.24) is 0 Å². The van der Waals surface area contributed by atoms with E-state index in [-0.39, 0.29) is 11.5 Å². The molecule has 0 radical (unpaired) electrons. The first-order valence-corrected chi connectivity index (χ1v) is 6.87. The summed E-state index contributed by atoms with van der Waals surface area (Å²) in [4.78, 5) is 0. The summed E-state index contributed by atoms with van der Waals surface area (Å²) in [5.41, 5.74) is 6.85. The molecule has 19 heavy (non-hydrogen) atoms. The second-order valence-corrected chi connectivity index (χ2v) is 6.81. The van der Waals surface area contributed by atoms with Crippen molar-refractivity contribution in [2.24, 2.45) is 17.1 Å². The lowest BCUT2D eigenvalue weighted by atomic mass is 9.82. The molecule has 108 valence electrons. The van der Waals surface area contributed by atoms with E-state index in [9.17, 15) is 8.78 Å². The van der Waals surface area contributed by atoms with Gasteiger partial charge in [0.15, 0.2) is 0 Å². The highest BCUT2D eigenvalue weighted by Gasteiger charge is 2.18. The minimum atomic E-state index is -0.545. The Labute approximate surface area is 115 Å². The van der Waals surface area contributed by atoms with Crippen molar-refractivity contribution < 1.29 is 8.78 Å². The van der Waals surface area contributed by atoms with E-state index in [2.05, 4.69) is 27.7 Å². The predicted molar refractivity (Wildman–Crippen MR) is 75.9 cm³/mol. The maximum absolute atomic E-state index is 13.5. The lowest BCUT2D eigenvalue weighted by Crippen LogP contribution is -2.27. The molecule has 0 bridgehead atoms. The molecule has 0 heterocycles. The van der Waals surface area contributed by atoms with Crippen LogP contribution in [-0.2, 0) is 6.42 Å². The summed E-state index contributed by atoms with van der Waals surface area (Å²) in [6, 6.07) is 3.60. The van der Waals surface area contributed by atoms with Gasteiger partial charge in [-0.2, -0.15) is 0 Å². The summed E-state index contributed by atoms with van der Waals surface area (Å²) in [6.45, 7) is 8.78. The van der Waals surface area contributed by atoms with Crippen molar-refractivity contribution in [3.63, 3.8) is 0 Å². The maximum atomic E-state index is 13.5. The van der Waals surface area contributed by atoms with Gasteiger partial charge < -0.3 is 5.73 Å². The number of nitrogens with two attached hydrogens (primary N) is 1. The topological polar surface area (TPSA) is 26.0 Å². The van der Waals surface area contributed by atoms with Crippen molar-refractivity contribution in [3.8, 4) is 0 Å². The molecule has 0 aliphatic heterocycles. The highest BCUT2D eigenvalue weighted by Crippen LogP contribution is 2.27. The molecule has 3 heteroatoms. The second-order valence-electron chi connectivity index (χ2n) is 6.81. The Hall–Kier alpha value is -0.960. The highest BCUT2D eigenvalue weighted by molar-refractivity contribution is 5.19. The maximum Gasteiger partial charge on any atom is 0.129 e. The molecule has 0 aliphatic rings. The number of halogens is 2. The summed E-state index contributed by atoms with van der Waals surface area (Å²) in [6.07, 6.45) is 2.40. The molecule has 0 aromatic heterocycles. The van der Waals surface area contributed by atoms with Crippen molar-refractivity contribution in [2.75, 3.05) is 0 Å². The van der Waals surface area contributed by atoms with Gasteiger partial charge in [-0.1, -0.05) is 33.8 Å². The van der Waals surface area contributed by atoms with E-state index in [0.717, 1.165) is 18.9 Å². The van der Waals surface area contributed by atoms with E-state index < -0.39 is 11.6 Å². The van der Waals surface area contributed by atoms with Crippen LogP contribution in [0.25, 0.3) is 0 Å². The fourth-order valence-electron chi connectivity index (χ4n) is 2.70. The van der Waals surface area contributed by atoms with E-state index in [1.807, 2.05) is 0 Å². The Morgan fingerprint density at radius 3 is 2.37 bits per heavy atom. The van der Waals surface area contributed by atoms with Crippen LogP contribution in [0.2, 0.25) is 0 Å². The zero-order valence-electron chi connectivity index (χ0n) is 12.3. The Kier molecular flexibility index (Phi) is 5.48. The van der Waals surface area contributed by atoms with Crippen LogP contribution in [0.15, 0.2) is 18.2 Å².